The van der Waals surface area contributed by atoms with Gasteiger partial charge in [0.25, 0.3) is 0 Å². The molecule has 0 aliphatic rings. The lowest BCUT2D eigenvalue weighted by Crippen LogP contribution is -2.17. The summed E-state index contributed by atoms with van der Waals surface area (Å²) >= 11 is 1.05. The number of rotatable bonds is 6. The average molecular weight is 282 g/mol. The van der Waals surface area contributed by atoms with E-state index in [4.69, 9.17) is 4.74 Å². The van der Waals surface area contributed by atoms with E-state index >= 15 is 0 Å². The van der Waals surface area contributed by atoms with E-state index in [0.717, 1.165) is 17.8 Å². The zero-order chi connectivity index (χ0) is 13.8. The monoisotopic (exact) mass is 282 g/mol. The summed E-state index contributed by atoms with van der Waals surface area (Å²) in [5, 5.41) is 3.32. The van der Waals surface area contributed by atoms with Crippen LogP contribution in [0.4, 0.5) is 13.2 Å². The smallest absolute Gasteiger partial charge is 0.375 e. The van der Waals surface area contributed by atoms with Crippen LogP contribution in [0, 0.1) is 0 Å². The van der Waals surface area contributed by atoms with Crippen LogP contribution in [0.1, 0.15) is 42.0 Å². The second-order valence-electron chi connectivity index (χ2n) is 3.88. The lowest BCUT2D eigenvalue weighted by Gasteiger charge is -2.06. The number of hydrogen-bond acceptors (Lipinski definition) is 4. The third-order valence-corrected chi connectivity index (χ3v) is 3.61. The van der Waals surface area contributed by atoms with Gasteiger partial charge >= 0.3 is 6.18 Å². The average Bonchev–Trinajstić information content (AvgIpc) is 2.72. The normalized spacial score (nSPS) is 13.9. The molecule has 0 spiro atoms. The van der Waals surface area contributed by atoms with Crippen LogP contribution in [0.25, 0.3) is 0 Å². The maximum absolute atomic E-state index is 12.8. The molecule has 7 heteroatoms. The van der Waals surface area contributed by atoms with Crippen molar-refractivity contribution in [3.63, 3.8) is 0 Å². The van der Waals surface area contributed by atoms with Crippen molar-refractivity contribution in [1.82, 2.24) is 10.3 Å². The van der Waals surface area contributed by atoms with Crippen LogP contribution in [0.2, 0.25) is 0 Å². The summed E-state index contributed by atoms with van der Waals surface area (Å²) in [4.78, 5) is 3.88. The summed E-state index contributed by atoms with van der Waals surface area (Å²) in [6, 6.07) is 0. The van der Waals surface area contributed by atoms with Gasteiger partial charge in [0.15, 0.2) is 5.69 Å². The van der Waals surface area contributed by atoms with E-state index in [1.807, 2.05) is 6.92 Å². The second kappa shape index (κ2) is 6.49. The molecule has 0 bridgehead atoms. The van der Waals surface area contributed by atoms with Gasteiger partial charge < -0.3 is 10.1 Å². The summed E-state index contributed by atoms with van der Waals surface area (Å²) in [6.45, 7) is 4.52. The molecule has 1 aromatic rings. The maximum atomic E-state index is 12.8. The number of aromatic nitrogens is 1. The summed E-state index contributed by atoms with van der Waals surface area (Å²) in [7, 11) is 1.45. The fourth-order valence-electron chi connectivity index (χ4n) is 1.36. The van der Waals surface area contributed by atoms with E-state index in [1.165, 1.54) is 7.11 Å². The first-order chi connectivity index (χ1) is 8.40. The van der Waals surface area contributed by atoms with Crippen molar-refractivity contribution in [1.29, 1.82) is 0 Å². The van der Waals surface area contributed by atoms with E-state index in [0.29, 0.717) is 11.6 Å². The third-order valence-electron chi connectivity index (χ3n) is 2.40. The summed E-state index contributed by atoms with van der Waals surface area (Å²) in [6.07, 6.45) is -3.96. The van der Waals surface area contributed by atoms with Gasteiger partial charge in [0.2, 0.25) is 0 Å². The van der Waals surface area contributed by atoms with Crippen LogP contribution in [-0.4, -0.2) is 18.6 Å². The van der Waals surface area contributed by atoms with E-state index in [-0.39, 0.29) is 11.4 Å². The molecule has 0 saturated carbocycles. The van der Waals surface area contributed by atoms with Crippen LogP contribution >= 0.6 is 11.3 Å². The van der Waals surface area contributed by atoms with Crippen LogP contribution in [-0.2, 0) is 17.5 Å². The summed E-state index contributed by atoms with van der Waals surface area (Å²) in [5.74, 6) is 0. The molecule has 1 unspecified atom stereocenters. The van der Waals surface area contributed by atoms with Crippen LogP contribution in [0.3, 0.4) is 0 Å². The highest BCUT2D eigenvalue weighted by Gasteiger charge is 2.37. The number of nitrogens with zero attached hydrogens (tertiary/aromatic N) is 1. The topological polar surface area (TPSA) is 34.1 Å². The van der Waals surface area contributed by atoms with E-state index < -0.39 is 18.0 Å². The van der Waals surface area contributed by atoms with Gasteiger partial charge in [0.05, 0.1) is 4.88 Å². The van der Waals surface area contributed by atoms with Gasteiger partial charge in [-0.2, -0.15) is 13.2 Å². The molecule has 1 atom stereocenters. The Hall–Kier alpha value is -0.660. The van der Waals surface area contributed by atoms with Crippen molar-refractivity contribution in [2.75, 3.05) is 13.7 Å². The largest absolute Gasteiger partial charge is 0.434 e. The highest BCUT2D eigenvalue weighted by atomic mass is 32.1. The molecule has 0 fully saturated rings. The van der Waals surface area contributed by atoms with Gasteiger partial charge in [0, 0.05) is 13.7 Å². The molecule has 1 heterocycles. The van der Waals surface area contributed by atoms with Crippen molar-refractivity contribution in [2.24, 2.45) is 0 Å². The van der Waals surface area contributed by atoms with Crippen molar-refractivity contribution >= 4 is 11.3 Å². The Morgan fingerprint density at radius 1 is 1.44 bits per heavy atom. The number of hydrogen-bond donors (Lipinski definition) is 1. The number of halogens is 3. The standard InChI is InChI=1S/C11H17F3N2OS/c1-4-5-15-6-8-9(11(12,13)14)16-10(18-8)7(2)17-3/h7,15H,4-6H2,1-3H3. The first kappa shape index (κ1) is 15.4. The quantitative estimate of drug-likeness (QED) is 0.812. The molecule has 0 aliphatic carbocycles. The van der Waals surface area contributed by atoms with Crippen LogP contribution < -0.4 is 5.32 Å². The summed E-state index contributed by atoms with van der Waals surface area (Å²) < 4.78 is 43.4. The molecule has 0 radical (unpaired) electrons. The van der Waals surface area contributed by atoms with Crippen LogP contribution in [0.15, 0.2) is 0 Å². The van der Waals surface area contributed by atoms with Gasteiger partial charge in [-0.05, 0) is 19.9 Å². The number of nitrogens with one attached hydrogen (secondary N) is 1. The van der Waals surface area contributed by atoms with Crippen molar-refractivity contribution in [3.8, 4) is 0 Å². The molecule has 18 heavy (non-hydrogen) atoms. The first-order valence-corrected chi connectivity index (χ1v) is 6.52. The molecular weight excluding hydrogens is 265 g/mol. The Balaban J connectivity index is 2.94. The maximum Gasteiger partial charge on any atom is 0.434 e. The predicted molar refractivity (Wildman–Crippen MR) is 64.5 cm³/mol. The second-order valence-corrected chi connectivity index (χ2v) is 4.99. The minimum atomic E-state index is -4.41. The first-order valence-electron chi connectivity index (χ1n) is 5.70. The Morgan fingerprint density at radius 2 is 2.11 bits per heavy atom. The van der Waals surface area contributed by atoms with E-state index in [9.17, 15) is 13.2 Å². The van der Waals surface area contributed by atoms with Gasteiger partial charge in [-0.15, -0.1) is 11.3 Å². The number of thiazole rings is 1. The molecule has 0 saturated heterocycles. The summed E-state index contributed by atoms with van der Waals surface area (Å²) in [5.41, 5.74) is -0.796. The highest BCUT2D eigenvalue weighted by molar-refractivity contribution is 7.11. The Labute approximate surface area is 108 Å². The van der Waals surface area contributed by atoms with E-state index in [2.05, 4.69) is 10.3 Å². The van der Waals surface area contributed by atoms with Crippen molar-refractivity contribution < 1.29 is 17.9 Å². The lowest BCUT2D eigenvalue weighted by atomic mass is 10.3. The molecule has 3 nitrogen and oxygen atoms in total. The van der Waals surface area contributed by atoms with Crippen molar-refractivity contribution in [3.05, 3.63) is 15.6 Å². The molecule has 1 N–H and O–H groups in total. The third kappa shape index (κ3) is 3.93. The predicted octanol–water partition coefficient (Wildman–Crippen LogP) is 3.37. The molecule has 1 rings (SSSR count). The van der Waals surface area contributed by atoms with E-state index in [1.54, 1.807) is 6.92 Å². The van der Waals surface area contributed by atoms with Gasteiger partial charge in [0.1, 0.15) is 11.1 Å². The Kier molecular flexibility index (Phi) is 5.55. The molecule has 0 amide bonds. The molecule has 0 aliphatic heterocycles. The number of alkyl halides is 3. The van der Waals surface area contributed by atoms with Crippen LogP contribution in [0.5, 0.6) is 0 Å². The fourth-order valence-corrected chi connectivity index (χ4v) is 2.45. The molecule has 104 valence electrons. The number of ether oxygens (including phenoxy) is 1. The van der Waals surface area contributed by atoms with Gasteiger partial charge in [-0.25, -0.2) is 4.98 Å². The molecule has 1 aromatic heterocycles. The molecule has 0 aromatic carbocycles. The minimum Gasteiger partial charge on any atom is -0.375 e. The zero-order valence-corrected chi connectivity index (χ0v) is 11.4. The highest BCUT2D eigenvalue weighted by Crippen LogP contribution is 2.36. The zero-order valence-electron chi connectivity index (χ0n) is 10.6. The Morgan fingerprint density at radius 3 is 2.61 bits per heavy atom. The van der Waals surface area contributed by atoms with Gasteiger partial charge in [-0.3, -0.25) is 0 Å². The SMILES string of the molecule is CCCNCc1sc(C(C)OC)nc1C(F)(F)F. The van der Waals surface area contributed by atoms with Crippen molar-refractivity contribution in [2.45, 2.75) is 39.1 Å². The molecular formula is C11H17F3N2OS. The number of methoxy groups -OCH3 is 1. The fraction of sp³-hybridized carbons (Fsp3) is 0.727. The van der Waals surface area contributed by atoms with Gasteiger partial charge in [-0.1, -0.05) is 6.92 Å². The minimum absolute atomic E-state index is 0.191. The lowest BCUT2D eigenvalue weighted by molar-refractivity contribution is -0.141. The Bertz CT molecular complexity index is 379.